The molecule has 3 atom stereocenters. The number of nitrogens with zero attached hydrogens (tertiary/aromatic N) is 1. The molecule has 2 nitrogen and oxygen atoms in total. The molecule has 0 saturated heterocycles. The van der Waals surface area contributed by atoms with Crippen molar-refractivity contribution in [2.75, 3.05) is 20.8 Å². The van der Waals surface area contributed by atoms with Crippen LogP contribution >= 0.6 is 8.07 Å². The van der Waals surface area contributed by atoms with Gasteiger partial charge in [0.2, 0.25) is 0 Å². The highest BCUT2D eigenvalue weighted by molar-refractivity contribution is 7.62. The minimum atomic E-state index is -0.351. The molecule has 0 spiro atoms. The SMILES string of the molecule is CO[C@H](c1ccccc1)[C@H](C)N(C)[P@@](C)c1ccccc1. The molecule has 0 fully saturated rings. The lowest BCUT2D eigenvalue weighted by Gasteiger charge is -2.35. The van der Waals surface area contributed by atoms with Crippen molar-refractivity contribution in [1.29, 1.82) is 0 Å². The van der Waals surface area contributed by atoms with Gasteiger partial charge in [-0.25, -0.2) is 0 Å². The molecular weight excluding hydrogens is 277 g/mol. The van der Waals surface area contributed by atoms with Crippen LogP contribution in [0.3, 0.4) is 0 Å². The van der Waals surface area contributed by atoms with Gasteiger partial charge in [-0.3, -0.25) is 4.67 Å². The molecule has 0 saturated carbocycles. The van der Waals surface area contributed by atoms with Gasteiger partial charge in [0.25, 0.3) is 0 Å². The summed E-state index contributed by atoms with van der Waals surface area (Å²) in [7, 11) is 3.64. The average molecular weight is 301 g/mol. The Morgan fingerprint density at radius 3 is 2.00 bits per heavy atom. The van der Waals surface area contributed by atoms with E-state index >= 15 is 0 Å². The molecule has 112 valence electrons. The second-order valence-electron chi connectivity index (χ2n) is 5.24. The Bertz CT molecular complexity index is 531. The number of hydrogen-bond acceptors (Lipinski definition) is 2. The molecule has 0 aliphatic carbocycles. The fraction of sp³-hybridized carbons (Fsp3) is 0.333. The second kappa shape index (κ2) is 7.70. The van der Waals surface area contributed by atoms with Gasteiger partial charge in [0, 0.05) is 13.2 Å². The Morgan fingerprint density at radius 1 is 0.952 bits per heavy atom. The normalized spacial score (nSPS) is 15.7. The summed E-state index contributed by atoms with van der Waals surface area (Å²) in [6.45, 7) is 4.54. The molecule has 0 amide bonds. The van der Waals surface area contributed by atoms with Crippen molar-refractivity contribution < 1.29 is 4.74 Å². The van der Waals surface area contributed by atoms with Crippen molar-refractivity contribution in [3.63, 3.8) is 0 Å². The van der Waals surface area contributed by atoms with Crippen LogP contribution in [0.4, 0.5) is 0 Å². The van der Waals surface area contributed by atoms with Gasteiger partial charge in [-0.2, -0.15) is 0 Å². The van der Waals surface area contributed by atoms with E-state index in [4.69, 9.17) is 4.74 Å². The van der Waals surface area contributed by atoms with Crippen molar-refractivity contribution in [3.8, 4) is 0 Å². The molecular formula is C18H24NOP. The number of ether oxygens (including phenoxy) is 1. The molecule has 0 aromatic heterocycles. The minimum absolute atomic E-state index is 0.0878. The van der Waals surface area contributed by atoms with Crippen LogP contribution in [-0.4, -0.2) is 31.5 Å². The molecule has 0 bridgehead atoms. The molecule has 2 rings (SSSR count). The first kappa shape index (κ1) is 16.2. The number of benzene rings is 2. The van der Waals surface area contributed by atoms with E-state index in [1.165, 1.54) is 10.9 Å². The third kappa shape index (κ3) is 3.91. The van der Waals surface area contributed by atoms with Crippen LogP contribution in [-0.2, 0) is 4.74 Å². The standard InChI is InChI=1S/C18H24NOP/c1-15(18(20-3)16-11-7-5-8-12-16)19(2)21(4)17-13-9-6-10-14-17/h5-15,18H,1-4H3/t15-,18-,21-/m0/s1. The maximum Gasteiger partial charge on any atom is 0.0976 e. The topological polar surface area (TPSA) is 12.5 Å². The summed E-state index contributed by atoms with van der Waals surface area (Å²) in [6, 6.07) is 21.5. The lowest BCUT2D eigenvalue weighted by molar-refractivity contribution is 0.0555. The third-order valence-electron chi connectivity index (χ3n) is 4.01. The van der Waals surface area contributed by atoms with E-state index in [9.17, 15) is 0 Å². The molecule has 0 aliphatic heterocycles. The molecule has 0 unspecified atom stereocenters. The van der Waals surface area contributed by atoms with Gasteiger partial charge >= 0.3 is 0 Å². The van der Waals surface area contributed by atoms with Crippen molar-refractivity contribution in [1.82, 2.24) is 4.67 Å². The van der Waals surface area contributed by atoms with Crippen LogP contribution in [0.1, 0.15) is 18.6 Å². The average Bonchev–Trinajstić information content (AvgIpc) is 2.56. The van der Waals surface area contributed by atoms with Crippen LogP contribution < -0.4 is 5.30 Å². The van der Waals surface area contributed by atoms with Crippen molar-refractivity contribution in [2.45, 2.75) is 19.1 Å². The third-order valence-corrected chi connectivity index (χ3v) is 6.37. The van der Waals surface area contributed by atoms with E-state index in [2.05, 4.69) is 79.9 Å². The van der Waals surface area contributed by atoms with Crippen LogP contribution in [0.2, 0.25) is 0 Å². The van der Waals surface area contributed by atoms with Crippen molar-refractivity contribution in [2.24, 2.45) is 0 Å². The summed E-state index contributed by atoms with van der Waals surface area (Å²) in [4.78, 5) is 0. The lowest BCUT2D eigenvalue weighted by Crippen LogP contribution is -2.33. The van der Waals surface area contributed by atoms with Gasteiger partial charge in [-0.05, 0) is 39.6 Å². The largest absolute Gasteiger partial charge is 0.375 e. The number of hydrogen-bond donors (Lipinski definition) is 0. The molecule has 2 aromatic carbocycles. The van der Waals surface area contributed by atoms with Crippen LogP contribution in [0.5, 0.6) is 0 Å². The van der Waals surface area contributed by atoms with E-state index in [0.717, 1.165) is 0 Å². The van der Waals surface area contributed by atoms with Gasteiger partial charge in [-0.15, -0.1) is 0 Å². The summed E-state index contributed by atoms with van der Waals surface area (Å²) in [5.74, 6) is 0. The quantitative estimate of drug-likeness (QED) is 0.746. The summed E-state index contributed by atoms with van der Waals surface area (Å²) >= 11 is 0. The fourth-order valence-electron chi connectivity index (χ4n) is 2.55. The second-order valence-corrected chi connectivity index (χ2v) is 7.43. The minimum Gasteiger partial charge on any atom is -0.375 e. The van der Waals surface area contributed by atoms with Crippen LogP contribution in [0, 0.1) is 0 Å². The highest BCUT2D eigenvalue weighted by Crippen LogP contribution is 2.39. The number of methoxy groups -OCH3 is 1. The van der Waals surface area contributed by atoms with Crippen molar-refractivity contribution in [3.05, 3.63) is 66.2 Å². The van der Waals surface area contributed by atoms with E-state index in [0.29, 0.717) is 6.04 Å². The molecule has 0 radical (unpaired) electrons. The highest BCUT2D eigenvalue weighted by atomic mass is 31.1. The van der Waals surface area contributed by atoms with E-state index in [-0.39, 0.29) is 14.2 Å². The lowest BCUT2D eigenvalue weighted by atomic mass is 10.0. The fourth-order valence-corrected chi connectivity index (χ4v) is 4.18. The Balaban J connectivity index is 2.15. The molecule has 3 heteroatoms. The first-order valence-corrected chi connectivity index (χ1v) is 8.98. The molecule has 0 aliphatic rings. The van der Waals surface area contributed by atoms with E-state index < -0.39 is 0 Å². The zero-order chi connectivity index (χ0) is 15.2. The Morgan fingerprint density at radius 2 is 1.48 bits per heavy atom. The first-order valence-electron chi connectivity index (χ1n) is 7.24. The predicted octanol–water partition coefficient (Wildman–Crippen LogP) is 4.05. The first-order chi connectivity index (χ1) is 10.1. The highest BCUT2D eigenvalue weighted by Gasteiger charge is 2.26. The summed E-state index contributed by atoms with van der Waals surface area (Å²) in [5.41, 5.74) is 1.23. The van der Waals surface area contributed by atoms with Gasteiger partial charge < -0.3 is 4.74 Å². The smallest absolute Gasteiger partial charge is 0.0976 e. The zero-order valence-corrected chi connectivity index (χ0v) is 14.1. The van der Waals surface area contributed by atoms with Gasteiger partial charge in [0.05, 0.1) is 6.10 Å². The molecule has 0 heterocycles. The van der Waals surface area contributed by atoms with E-state index in [1.807, 2.05) is 6.07 Å². The summed E-state index contributed by atoms with van der Waals surface area (Å²) in [6.07, 6.45) is 0.0878. The molecule has 2 aromatic rings. The van der Waals surface area contributed by atoms with Crippen LogP contribution in [0.15, 0.2) is 60.7 Å². The predicted molar refractivity (Wildman–Crippen MR) is 92.3 cm³/mol. The number of likely N-dealkylation sites (N-methyl/N-ethyl adjacent to an activating group) is 1. The molecule has 0 N–H and O–H groups in total. The maximum absolute atomic E-state index is 5.77. The van der Waals surface area contributed by atoms with Gasteiger partial charge in [-0.1, -0.05) is 60.7 Å². The number of rotatable bonds is 6. The summed E-state index contributed by atoms with van der Waals surface area (Å²) < 4.78 is 8.21. The maximum atomic E-state index is 5.77. The monoisotopic (exact) mass is 301 g/mol. The van der Waals surface area contributed by atoms with Crippen LogP contribution in [0.25, 0.3) is 0 Å². The molecule has 21 heavy (non-hydrogen) atoms. The Labute approximate surface area is 129 Å². The van der Waals surface area contributed by atoms with Gasteiger partial charge in [0.15, 0.2) is 0 Å². The zero-order valence-electron chi connectivity index (χ0n) is 13.2. The van der Waals surface area contributed by atoms with Gasteiger partial charge in [0.1, 0.15) is 0 Å². The van der Waals surface area contributed by atoms with E-state index in [1.54, 1.807) is 7.11 Å². The summed E-state index contributed by atoms with van der Waals surface area (Å²) in [5, 5.41) is 1.39. The Kier molecular flexibility index (Phi) is 5.93. The van der Waals surface area contributed by atoms with Crippen molar-refractivity contribution >= 4 is 13.4 Å². The Hall–Kier alpha value is -1.21.